The molecule has 1 atom stereocenters. The van der Waals surface area contributed by atoms with Crippen molar-refractivity contribution in [2.75, 3.05) is 38.5 Å². The average Bonchev–Trinajstić information content (AvgIpc) is 3.17. The van der Waals surface area contributed by atoms with Crippen molar-refractivity contribution in [3.8, 4) is 0 Å². The summed E-state index contributed by atoms with van der Waals surface area (Å²) in [6, 6.07) is 4.26. The molecule has 2 saturated heterocycles. The van der Waals surface area contributed by atoms with Gasteiger partial charge < -0.3 is 10.2 Å². The van der Waals surface area contributed by atoms with E-state index in [1.165, 1.54) is 25.9 Å². The molecule has 1 N–H and O–H groups in total. The average molecular weight is 274 g/mol. The number of carbonyl (C=O) groups is 1. The molecule has 0 aliphatic carbocycles. The van der Waals surface area contributed by atoms with Gasteiger partial charge in [0.15, 0.2) is 0 Å². The van der Waals surface area contributed by atoms with Crippen molar-refractivity contribution < 1.29 is 4.79 Å². The summed E-state index contributed by atoms with van der Waals surface area (Å²) < 4.78 is 0. The molecular formula is C15H22N4O. The zero-order valence-electron chi connectivity index (χ0n) is 12.0. The number of rotatable bonds is 3. The molecule has 0 radical (unpaired) electrons. The van der Waals surface area contributed by atoms with Gasteiger partial charge in [0, 0.05) is 32.4 Å². The van der Waals surface area contributed by atoms with Gasteiger partial charge in [-0.15, -0.1) is 0 Å². The van der Waals surface area contributed by atoms with Crippen LogP contribution < -0.4 is 5.32 Å². The van der Waals surface area contributed by atoms with E-state index in [2.05, 4.69) is 15.2 Å². The predicted molar refractivity (Wildman–Crippen MR) is 78.9 cm³/mol. The first-order valence-corrected chi connectivity index (χ1v) is 7.45. The summed E-state index contributed by atoms with van der Waals surface area (Å²) in [5.74, 6) is 0.903. The summed E-state index contributed by atoms with van der Waals surface area (Å²) in [5, 5.41) is 2.96. The monoisotopic (exact) mass is 274 g/mol. The summed E-state index contributed by atoms with van der Waals surface area (Å²) in [6.45, 7) is 4.14. The fourth-order valence-corrected chi connectivity index (χ4v) is 3.18. The molecule has 20 heavy (non-hydrogen) atoms. The van der Waals surface area contributed by atoms with Gasteiger partial charge in [-0.05, 0) is 44.5 Å². The largest absolute Gasteiger partial charge is 0.373 e. The minimum absolute atomic E-state index is 0.113. The Labute approximate surface area is 120 Å². The highest BCUT2D eigenvalue weighted by Gasteiger charge is 2.31. The SMILES string of the molecule is CNc1ccc(C(=O)N2CCC(N3CCCC3)C2)cn1. The van der Waals surface area contributed by atoms with Crippen molar-refractivity contribution in [3.05, 3.63) is 23.9 Å². The number of nitrogens with zero attached hydrogens (tertiary/aromatic N) is 3. The van der Waals surface area contributed by atoms with Crippen molar-refractivity contribution in [1.82, 2.24) is 14.8 Å². The van der Waals surface area contributed by atoms with Gasteiger partial charge in [0.25, 0.3) is 5.91 Å². The first kappa shape index (κ1) is 13.4. The molecule has 3 heterocycles. The quantitative estimate of drug-likeness (QED) is 0.906. The van der Waals surface area contributed by atoms with Crippen LogP contribution in [0.25, 0.3) is 0 Å². The maximum absolute atomic E-state index is 12.5. The molecule has 1 amide bonds. The Kier molecular flexibility index (Phi) is 3.87. The highest BCUT2D eigenvalue weighted by molar-refractivity contribution is 5.94. The Morgan fingerprint density at radius 3 is 2.75 bits per heavy atom. The molecule has 0 saturated carbocycles. The van der Waals surface area contributed by atoms with Gasteiger partial charge in [-0.3, -0.25) is 9.69 Å². The van der Waals surface area contributed by atoms with Crippen LogP contribution in [-0.4, -0.2) is 60.0 Å². The second-order valence-electron chi connectivity index (χ2n) is 5.62. The smallest absolute Gasteiger partial charge is 0.255 e. The fraction of sp³-hybridized carbons (Fsp3) is 0.600. The molecule has 3 rings (SSSR count). The molecule has 5 nitrogen and oxygen atoms in total. The topological polar surface area (TPSA) is 48.5 Å². The summed E-state index contributed by atoms with van der Waals surface area (Å²) in [7, 11) is 1.82. The van der Waals surface area contributed by atoms with Crippen molar-refractivity contribution in [2.24, 2.45) is 0 Å². The van der Waals surface area contributed by atoms with Crippen LogP contribution in [0, 0.1) is 0 Å². The Morgan fingerprint density at radius 2 is 2.10 bits per heavy atom. The number of aromatic nitrogens is 1. The van der Waals surface area contributed by atoms with E-state index in [0.29, 0.717) is 11.6 Å². The second-order valence-corrected chi connectivity index (χ2v) is 5.62. The number of hydrogen-bond acceptors (Lipinski definition) is 4. The number of carbonyl (C=O) groups excluding carboxylic acids is 1. The molecular weight excluding hydrogens is 252 g/mol. The van der Waals surface area contributed by atoms with Gasteiger partial charge >= 0.3 is 0 Å². The third kappa shape index (κ3) is 2.63. The summed E-state index contributed by atoms with van der Waals surface area (Å²) in [6.07, 6.45) is 5.38. The lowest BCUT2D eigenvalue weighted by atomic mass is 10.2. The fourth-order valence-electron chi connectivity index (χ4n) is 3.18. The van der Waals surface area contributed by atoms with E-state index in [0.717, 1.165) is 25.3 Å². The Morgan fingerprint density at radius 1 is 1.30 bits per heavy atom. The van der Waals surface area contributed by atoms with E-state index in [-0.39, 0.29) is 5.91 Å². The Bertz CT molecular complexity index is 467. The summed E-state index contributed by atoms with van der Waals surface area (Å²) >= 11 is 0. The molecule has 2 fully saturated rings. The Hall–Kier alpha value is -1.62. The molecule has 1 aromatic heterocycles. The van der Waals surface area contributed by atoms with Crippen LogP contribution in [-0.2, 0) is 0 Å². The predicted octanol–water partition coefficient (Wildman–Crippen LogP) is 1.43. The van der Waals surface area contributed by atoms with Crippen LogP contribution in [0.3, 0.4) is 0 Å². The highest BCUT2D eigenvalue weighted by atomic mass is 16.2. The van der Waals surface area contributed by atoms with Crippen molar-refractivity contribution in [1.29, 1.82) is 0 Å². The van der Waals surface area contributed by atoms with E-state index in [4.69, 9.17) is 0 Å². The number of anilines is 1. The normalized spacial score (nSPS) is 23.2. The van der Waals surface area contributed by atoms with Crippen molar-refractivity contribution >= 4 is 11.7 Å². The molecule has 1 aromatic rings. The number of pyridine rings is 1. The van der Waals surface area contributed by atoms with Crippen molar-refractivity contribution in [2.45, 2.75) is 25.3 Å². The van der Waals surface area contributed by atoms with Crippen LogP contribution in [0.15, 0.2) is 18.3 Å². The molecule has 0 bridgehead atoms. The number of hydrogen-bond donors (Lipinski definition) is 1. The van der Waals surface area contributed by atoms with E-state index >= 15 is 0 Å². The summed E-state index contributed by atoms with van der Waals surface area (Å²) in [4.78, 5) is 21.2. The first-order chi connectivity index (χ1) is 9.78. The molecule has 108 valence electrons. The molecule has 0 aromatic carbocycles. The molecule has 2 aliphatic rings. The number of nitrogens with one attached hydrogen (secondary N) is 1. The van der Waals surface area contributed by atoms with Gasteiger partial charge in [-0.25, -0.2) is 4.98 Å². The zero-order valence-corrected chi connectivity index (χ0v) is 12.0. The third-order valence-electron chi connectivity index (χ3n) is 4.37. The second kappa shape index (κ2) is 5.79. The molecule has 5 heteroatoms. The van der Waals surface area contributed by atoms with Crippen molar-refractivity contribution in [3.63, 3.8) is 0 Å². The van der Waals surface area contributed by atoms with Gasteiger partial charge in [0.2, 0.25) is 0 Å². The molecule has 0 spiro atoms. The lowest BCUT2D eigenvalue weighted by Crippen LogP contribution is -2.37. The van der Waals surface area contributed by atoms with Crippen LogP contribution in [0.1, 0.15) is 29.6 Å². The minimum atomic E-state index is 0.113. The standard InChI is InChI=1S/C15H22N4O/c1-16-14-5-4-12(10-17-14)15(20)19-9-6-13(11-19)18-7-2-3-8-18/h4-5,10,13H,2-3,6-9,11H2,1H3,(H,16,17). The van der Waals surface area contributed by atoms with Gasteiger partial charge in [0.1, 0.15) is 5.82 Å². The van der Waals surface area contributed by atoms with E-state index in [9.17, 15) is 4.79 Å². The molecule has 2 aliphatic heterocycles. The lowest BCUT2D eigenvalue weighted by molar-refractivity contribution is 0.0779. The van der Waals surface area contributed by atoms with Gasteiger partial charge in [0.05, 0.1) is 5.56 Å². The van der Waals surface area contributed by atoms with Gasteiger partial charge in [-0.1, -0.05) is 0 Å². The number of amides is 1. The third-order valence-corrected chi connectivity index (χ3v) is 4.37. The van der Waals surface area contributed by atoms with E-state index in [1.807, 2.05) is 24.1 Å². The maximum atomic E-state index is 12.5. The lowest BCUT2D eigenvalue weighted by Gasteiger charge is -2.23. The van der Waals surface area contributed by atoms with E-state index in [1.54, 1.807) is 6.20 Å². The summed E-state index contributed by atoms with van der Waals surface area (Å²) in [5.41, 5.74) is 0.686. The van der Waals surface area contributed by atoms with Crippen LogP contribution in [0.5, 0.6) is 0 Å². The molecule has 1 unspecified atom stereocenters. The minimum Gasteiger partial charge on any atom is -0.373 e. The highest BCUT2D eigenvalue weighted by Crippen LogP contribution is 2.21. The maximum Gasteiger partial charge on any atom is 0.255 e. The van der Waals surface area contributed by atoms with Gasteiger partial charge in [-0.2, -0.15) is 0 Å². The van der Waals surface area contributed by atoms with E-state index < -0.39 is 0 Å². The van der Waals surface area contributed by atoms with Crippen LogP contribution in [0.4, 0.5) is 5.82 Å². The number of likely N-dealkylation sites (tertiary alicyclic amines) is 2. The zero-order chi connectivity index (χ0) is 13.9. The first-order valence-electron chi connectivity index (χ1n) is 7.45. The van der Waals surface area contributed by atoms with Crippen LogP contribution >= 0.6 is 0 Å². The Balaban J connectivity index is 1.62. The van der Waals surface area contributed by atoms with Crippen LogP contribution in [0.2, 0.25) is 0 Å².